The second-order valence-electron chi connectivity index (χ2n) is 8.50. The molecule has 0 spiro atoms. The van der Waals surface area contributed by atoms with Crippen LogP contribution < -0.4 is 15.4 Å². The first-order chi connectivity index (χ1) is 14.7. The van der Waals surface area contributed by atoms with Crippen LogP contribution in [0.25, 0.3) is 0 Å². The lowest BCUT2D eigenvalue weighted by atomic mass is 9.93. The number of ether oxygens (including phenoxy) is 1. The molecular formula is C24H39IN4O2. The molecule has 1 aliphatic carbocycles. The Morgan fingerprint density at radius 2 is 1.77 bits per heavy atom. The van der Waals surface area contributed by atoms with Crippen molar-refractivity contribution in [2.75, 3.05) is 26.7 Å². The Bertz CT molecular complexity index is 681. The topological polar surface area (TPSA) is 66.0 Å². The summed E-state index contributed by atoms with van der Waals surface area (Å²) in [4.78, 5) is 18.8. The highest BCUT2D eigenvalue weighted by atomic mass is 127. The van der Waals surface area contributed by atoms with Gasteiger partial charge >= 0.3 is 0 Å². The number of nitrogens with one attached hydrogen (secondary N) is 2. The summed E-state index contributed by atoms with van der Waals surface area (Å²) in [6, 6.07) is 8.41. The smallest absolute Gasteiger partial charge is 0.220 e. The number of amides is 1. The van der Waals surface area contributed by atoms with Crippen LogP contribution in [0.15, 0.2) is 29.3 Å². The van der Waals surface area contributed by atoms with Crippen molar-refractivity contribution in [2.45, 2.75) is 70.9 Å². The molecule has 1 saturated carbocycles. The Morgan fingerprint density at radius 1 is 1.10 bits per heavy atom. The standard InChI is InChI=1S/C24H38N4O2.HI/c1-3-26-24(28-15-13-19(14-16-28)17-23(29)25-2)27-18-20-9-11-22(12-10-20)30-21-7-5-4-6-8-21;/h9-12,19,21H,3-8,13-18H2,1-2H3,(H,25,29)(H,26,27);1H. The van der Waals surface area contributed by atoms with Crippen molar-refractivity contribution in [3.63, 3.8) is 0 Å². The average molecular weight is 543 g/mol. The van der Waals surface area contributed by atoms with E-state index in [9.17, 15) is 4.79 Å². The summed E-state index contributed by atoms with van der Waals surface area (Å²) in [6.45, 7) is 5.50. The fourth-order valence-electron chi connectivity index (χ4n) is 4.35. The number of aliphatic imine (C=N–C) groups is 1. The molecule has 1 heterocycles. The minimum absolute atomic E-state index is 0. The molecule has 0 unspecified atom stereocenters. The largest absolute Gasteiger partial charge is 0.490 e. The molecule has 0 radical (unpaired) electrons. The monoisotopic (exact) mass is 542 g/mol. The van der Waals surface area contributed by atoms with Crippen LogP contribution in [0.4, 0.5) is 0 Å². The Balaban J connectivity index is 0.00000341. The van der Waals surface area contributed by atoms with Gasteiger partial charge in [-0.15, -0.1) is 24.0 Å². The molecule has 1 aromatic rings. The highest BCUT2D eigenvalue weighted by molar-refractivity contribution is 14.0. The van der Waals surface area contributed by atoms with Gasteiger partial charge in [0.2, 0.25) is 5.91 Å². The van der Waals surface area contributed by atoms with Crippen molar-refractivity contribution >= 4 is 35.8 Å². The van der Waals surface area contributed by atoms with Crippen LogP contribution in [0.2, 0.25) is 0 Å². The van der Waals surface area contributed by atoms with Crippen LogP contribution in [0, 0.1) is 5.92 Å². The van der Waals surface area contributed by atoms with Crippen LogP contribution in [0.5, 0.6) is 5.75 Å². The first-order valence-corrected chi connectivity index (χ1v) is 11.7. The van der Waals surface area contributed by atoms with Crippen LogP contribution >= 0.6 is 24.0 Å². The van der Waals surface area contributed by atoms with E-state index >= 15 is 0 Å². The molecular weight excluding hydrogens is 503 g/mol. The molecule has 1 amide bonds. The van der Waals surface area contributed by atoms with E-state index in [1.54, 1.807) is 7.05 Å². The average Bonchev–Trinajstić information content (AvgIpc) is 2.79. The van der Waals surface area contributed by atoms with Crippen molar-refractivity contribution in [1.29, 1.82) is 0 Å². The van der Waals surface area contributed by atoms with E-state index in [0.29, 0.717) is 25.0 Å². The molecule has 1 aliphatic heterocycles. The van der Waals surface area contributed by atoms with Gasteiger partial charge in [-0.2, -0.15) is 0 Å². The van der Waals surface area contributed by atoms with Gasteiger partial charge in [0.05, 0.1) is 12.6 Å². The Morgan fingerprint density at radius 3 is 2.39 bits per heavy atom. The van der Waals surface area contributed by atoms with E-state index in [4.69, 9.17) is 9.73 Å². The summed E-state index contributed by atoms with van der Waals surface area (Å²) in [5.74, 6) is 2.56. The van der Waals surface area contributed by atoms with Gasteiger partial charge in [-0.1, -0.05) is 18.6 Å². The van der Waals surface area contributed by atoms with Gasteiger partial charge in [-0.3, -0.25) is 4.79 Å². The van der Waals surface area contributed by atoms with Crippen molar-refractivity contribution in [2.24, 2.45) is 10.9 Å². The summed E-state index contributed by atoms with van der Waals surface area (Å²) in [7, 11) is 1.71. The van der Waals surface area contributed by atoms with Crippen molar-refractivity contribution in [1.82, 2.24) is 15.5 Å². The molecule has 7 heteroatoms. The van der Waals surface area contributed by atoms with Crippen LogP contribution in [0.1, 0.15) is 63.9 Å². The maximum atomic E-state index is 11.6. The quantitative estimate of drug-likeness (QED) is 0.306. The molecule has 174 valence electrons. The van der Waals surface area contributed by atoms with Gasteiger partial charge in [-0.25, -0.2) is 4.99 Å². The zero-order valence-electron chi connectivity index (χ0n) is 19.1. The number of rotatable bonds is 7. The number of nitrogens with zero attached hydrogens (tertiary/aromatic N) is 2. The lowest BCUT2D eigenvalue weighted by Crippen LogP contribution is -2.46. The van der Waals surface area contributed by atoms with Crippen LogP contribution in [0.3, 0.4) is 0 Å². The second kappa shape index (κ2) is 13.8. The van der Waals surface area contributed by atoms with Gasteiger partial charge < -0.3 is 20.3 Å². The zero-order valence-corrected chi connectivity index (χ0v) is 21.4. The number of halogens is 1. The van der Waals surface area contributed by atoms with Crippen LogP contribution in [-0.2, 0) is 11.3 Å². The Kier molecular flexibility index (Phi) is 11.5. The summed E-state index contributed by atoms with van der Waals surface area (Å²) < 4.78 is 6.13. The van der Waals surface area contributed by atoms with Gasteiger partial charge in [-0.05, 0) is 69.1 Å². The van der Waals surface area contributed by atoms with E-state index < -0.39 is 0 Å². The van der Waals surface area contributed by atoms with Gasteiger partial charge in [0.1, 0.15) is 5.75 Å². The molecule has 31 heavy (non-hydrogen) atoms. The lowest BCUT2D eigenvalue weighted by molar-refractivity contribution is -0.121. The highest BCUT2D eigenvalue weighted by Gasteiger charge is 2.23. The number of carbonyl (C=O) groups excluding carboxylic acids is 1. The molecule has 2 aliphatic rings. The van der Waals surface area contributed by atoms with E-state index in [2.05, 4.69) is 46.7 Å². The molecule has 1 aromatic carbocycles. The van der Waals surface area contributed by atoms with Gasteiger partial charge in [0, 0.05) is 33.1 Å². The SMILES string of the molecule is CCNC(=NCc1ccc(OC2CCCCC2)cc1)N1CCC(CC(=O)NC)CC1.I. The predicted octanol–water partition coefficient (Wildman–Crippen LogP) is 4.33. The number of hydrogen-bond donors (Lipinski definition) is 2. The number of benzene rings is 1. The second-order valence-corrected chi connectivity index (χ2v) is 8.50. The number of guanidine groups is 1. The molecule has 2 N–H and O–H groups in total. The Labute approximate surface area is 204 Å². The molecule has 0 atom stereocenters. The first-order valence-electron chi connectivity index (χ1n) is 11.7. The summed E-state index contributed by atoms with van der Waals surface area (Å²) in [5.41, 5.74) is 1.19. The molecule has 2 fully saturated rings. The van der Waals surface area contributed by atoms with Crippen molar-refractivity contribution in [3.8, 4) is 5.75 Å². The summed E-state index contributed by atoms with van der Waals surface area (Å²) >= 11 is 0. The third-order valence-electron chi connectivity index (χ3n) is 6.19. The molecule has 3 rings (SSSR count). The lowest BCUT2D eigenvalue weighted by Gasteiger charge is -2.34. The minimum Gasteiger partial charge on any atom is -0.490 e. The Hall–Kier alpha value is -1.51. The van der Waals surface area contributed by atoms with E-state index in [0.717, 1.165) is 44.2 Å². The fraction of sp³-hybridized carbons (Fsp3) is 0.667. The third-order valence-corrected chi connectivity index (χ3v) is 6.19. The molecule has 6 nitrogen and oxygen atoms in total. The number of carbonyl (C=O) groups is 1. The predicted molar refractivity (Wildman–Crippen MR) is 137 cm³/mol. The number of hydrogen-bond acceptors (Lipinski definition) is 3. The van der Waals surface area contributed by atoms with Crippen molar-refractivity contribution < 1.29 is 9.53 Å². The molecule has 0 aromatic heterocycles. The maximum absolute atomic E-state index is 11.6. The maximum Gasteiger partial charge on any atom is 0.220 e. The normalized spacial score (nSPS) is 18.3. The third kappa shape index (κ3) is 8.50. The minimum atomic E-state index is 0. The van der Waals surface area contributed by atoms with E-state index in [-0.39, 0.29) is 29.9 Å². The first kappa shape index (κ1) is 25.7. The molecule has 0 bridgehead atoms. The number of piperidine rings is 1. The zero-order chi connectivity index (χ0) is 21.2. The molecule has 1 saturated heterocycles. The van der Waals surface area contributed by atoms with E-state index in [1.165, 1.54) is 37.7 Å². The van der Waals surface area contributed by atoms with Gasteiger partial charge in [0.15, 0.2) is 5.96 Å². The number of likely N-dealkylation sites (tertiary alicyclic amines) is 1. The van der Waals surface area contributed by atoms with Crippen molar-refractivity contribution in [3.05, 3.63) is 29.8 Å². The van der Waals surface area contributed by atoms with Crippen LogP contribution in [-0.4, -0.2) is 49.6 Å². The summed E-state index contributed by atoms with van der Waals surface area (Å²) in [6.07, 6.45) is 9.35. The van der Waals surface area contributed by atoms with Gasteiger partial charge in [0.25, 0.3) is 0 Å². The highest BCUT2D eigenvalue weighted by Crippen LogP contribution is 2.24. The fourth-order valence-corrected chi connectivity index (χ4v) is 4.35. The summed E-state index contributed by atoms with van der Waals surface area (Å²) in [5, 5.41) is 6.16. The van der Waals surface area contributed by atoms with E-state index in [1.807, 2.05) is 0 Å².